The third kappa shape index (κ3) is 23.8. The molecule has 1 aliphatic rings. The highest BCUT2D eigenvalue weighted by molar-refractivity contribution is 5.94. The van der Waals surface area contributed by atoms with E-state index in [0.29, 0.717) is 32.1 Å². The molecule has 5 amide bonds. The van der Waals surface area contributed by atoms with Gasteiger partial charge in [-0.15, -0.1) is 0 Å². The van der Waals surface area contributed by atoms with Crippen LogP contribution in [0.3, 0.4) is 0 Å². The number of nitrogens with one attached hydrogen (secondary N) is 5. The number of hydrogen-bond acceptors (Lipinski definition) is 15. The van der Waals surface area contributed by atoms with Gasteiger partial charge in [0.1, 0.15) is 43.0 Å². The summed E-state index contributed by atoms with van der Waals surface area (Å²) in [5, 5.41) is 13.2. The van der Waals surface area contributed by atoms with E-state index in [4.69, 9.17) is 28.4 Å². The second-order valence-corrected chi connectivity index (χ2v) is 20.6. The lowest BCUT2D eigenvalue weighted by Gasteiger charge is -2.25. The van der Waals surface area contributed by atoms with Gasteiger partial charge in [-0.2, -0.15) is 0 Å². The zero-order valence-electron chi connectivity index (χ0n) is 47.4. The number of rotatable bonds is 35. The maximum atomic E-state index is 14.6. The van der Waals surface area contributed by atoms with Gasteiger partial charge in [-0.3, -0.25) is 24.0 Å². The van der Waals surface area contributed by atoms with Gasteiger partial charge in [-0.25, -0.2) is 19.2 Å². The first-order valence-electron chi connectivity index (χ1n) is 28.1. The summed E-state index contributed by atoms with van der Waals surface area (Å²) >= 11 is 0. The van der Waals surface area contributed by atoms with Crippen molar-refractivity contribution >= 4 is 53.8 Å². The molecule has 80 heavy (non-hydrogen) atoms. The number of hydrogen-bond donors (Lipinski definition) is 5. The average Bonchev–Trinajstić information content (AvgIpc) is 3.93. The molecule has 0 spiro atoms. The predicted octanol–water partition coefficient (Wildman–Crippen LogP) is 8.16. The number of fused-ring (bicyclic) bond motifs is 3. The number of ether oxygens (including phenoxy) is 6. The van der Waals surface area contributed by atoms with Gasteiger partial charge in [-0.05, 0) is 106 Å². The van der Waals surface area contributed by atoms with Crippen molar-refractivity contribution in [2.24, 2.45) is 0 Å². The quantitative estimate of drug-likeness (QED) is 0.0211. The van der Waals surface area contributed by atoms with Crippen molar-refractivity contribution in [2.45, 2.75) is 180 Å². The minimum atomic E-state index is -1.57. The van der Waals surface area contributed by atoms with Crippen LogP contribution >= 0.6 is 0 Å². The monoisotopic (exact) mass is 1110 g/mol. The Labute approximate surface area is 470 Å². The molecule has 0 heterocycles. The fourth-order valence-corrected chi connectivity index (χ4v) is 8.45. The van der Waals surface area contributed by atoms with Gasteiger partial charge in [0.25, 0.3) is 0 Å². The lowest BCUT2D eigenvalue weighted by atomic mass is 9.98. The summed E-state index contributed by atoms with van der Waals surface area (Å²) in [5.41, 5.74) is 3.97. The van der Waals surface area contributed by atoms with Gasteiger partial charge >= 0.3 is 36.1 Å². The molecule has 0 bridgehead atoms. The third-order valence-corrected chi connectivity index (χ3v) is 12.8. The number of benzene rings is 3. The Kier molecular flexibility index (Phi) is 28.6. The Morgan fingerprint density at radius 3 is 1.54 bits per heavy atom. The van der Waals surface area contributed by atoms with Gasteiger partial charge < -0.3 is 55.0 Å². The first-order valence-corrected chi connectivity index (χ1v) is 28.1. The molecule has 1 aliphatic carbocycles. The number of esters is 4. The lowest BCUT2D eigenvalue weighted by Crippen LogP contribution is -2.56. The van der Waals surface area contributed by atoms with Crippen molar-refractivity contribution in [1.29, 1.82) is 0 Å². The summed E-state index contributed by atoms with van der Waals surface area (Å²) in [5.74, 6) is -5.67. The molecule has 0 radical (unpaired) electrons. The summed E-state index contributed by atoms with van der Waals surface area (Å²) in [4.78, 5) is 122. The molecule has 438 valence electrons. The van der Waals surface area contributed by atoms with Gasteiger partial charge in [0.15, 0.2) is 0 Å². The number of amides is 5. The maximum absolute atomic E-state index is 14.6. The van der Waals surface area contributed by atoms with Crippen LogP contribution in [0, 0.1) is 0 Å². The normalized spacial score (nSPS) is 13.1. The second-order valence-electron chi connectivity index (χ2n) is 20.6. The van der Waals surface area contributed by atoms with E-state index in [1.165, 1.54) is 0 Å². The van der Waals surface area contributed by atoms with Gasteiger partial charge in [-0.1, -0.05) is 119 Å². The first kappa shape index (κ1) is 65.0. The van der Waals surface area contributed by atoms with Crippen LogP contribution in [-0.2, 0) is 68.6 Å². The molecule has 0 saturated carbocycles. The fraction of sp³-hybridized carbons (Fsp3) is 0.550. The summed E-state index contributed by atoms with van der Waals surface area (Å²) in [6, 6.07) is 19.0. The maximum Gasteiger partial charge on any atom is 0.407 e. The SMILES string of the molecule is CCCCOC(=O)CCC(NC(=O)C(CCC(=O)NC(CCC(=O)OCc1ccccc1)C(=O)OCCCC)NC(=O)C(CCCCNC(=O)OC(C)(C)C)NC(=O)OCC1c2ccccc2-c2ccccc21)C(=O)OCCCC. The van der Waals surface area contributed by atoms with E-state index in [1.807, 2.05) is 75.4 Å². The highest BCUT2D eigenvalue weighted by Gasteiger charge is 2.34. The van der Waals surface area contributed by atoms with E-state index in [2.05, 4.69) is 26.6 Å². The topological polar surface area (TPSA) is 269 Å². The van der Waals surface area contributed by atoms with E-state index in [9.17, 15) is 43.2 Å². The average molecular weight is 1110 g/mol. The summed E-state index contributed by atoms with van der Waals surface area (Å²) in [6.45, 7) is 11.3. The number of carbonyl (C=O) groups is 9. The standard InChI is InChI=1S/C60H83N5O15/c1-7-10-36-75-52(67)33-31-50(57(72)77-38-12-9-3)64-55(70)48(29-32-51(66)62-49(56(71)76-37-11-8-2)30-34-53(68)78-39-41-22-14-13-15-23-41)63-54(69)47(28-20-21-35-61-58(73)80-60(4,5)6)65-59(74)79-40-46-44-26-18-16-24-42(44)43-25-17-19-27-45(43)46/h13-19,22-27,46-50H,7-12,20-21,28-40H2,1-6H3,(H,61,73)(H,62,66)(H,63,69)(H,64,70)(H,65,74). The molecule has 0 aromatic heterocycles. The Morgan fingerprint density at radius 2 is 0.975 bits per heavy atom. The Hall–Kier alpha value is -7.51. The van der Waals surface area contributed by atoms with Gasteiger partial charge in [0.2, 0.25) is 17.7 Å². The third-order valence-electron chi connectivity index (χ3n) is 12.8. The van der Waals surface area contributed by atoms with Crippen LogP contribution < -0.4 is 26.6 Å². The van der Waals surface area contributed by atoms with E-state index in [0.717, 1.165) is 40.7 Å². The molecule has 0 fully saturated rings. The minimum absolute atomic E-state index is 0.000553. The van der Waals surface area contributed by atoms with Crippen molar-refractivity contribution in [3.05, 3.63) is 95.6 Å². The Morgan fingerprint density at radius 1 is 0.487 bits per heavy atom. The zero-order chi connectivity index (χ0) is 58.3. The van der Waals surface area contributed by atoms with Crippen LogP contribution in [0.2, 0.25) is 0 Å². The minimum Gasteiger partial charge on any atom is -0.466 e. The van der Waals surface area contributed by atoms with Gasteiger partial charge in [0.05, 0.1) is 19.8 Å². The van der Waals surface area contributed by atoms with E-state index < -0.39 is 96.4 Å². The highest BCUT2D eigenvalue weighted by atomic mass is 16.6. The molecule has 20 heteroatoms. The number of alkyl carbamates (subject to hydrolysis) is 2. The van der Waals surface area contributed by atoms with Crippen molar-refractivity contribution in [2.75, 3.05) is 33.0 Å². The number of unbranched alkanes of at least 4 members (excludes halogenated alkanes) is 4. The molecule has 20 nitrogen and oxygen atoms in total. The summed E-state index contributed by atoms with van der Waals surface area (Å²) in [6.07, 6.45) is 1.14. The number of carbonyl (C=O) groups excluding carboxylic acids is 9. The molecule has 5 N–H and O–H groups in total. The molecule has 4 atom stereocenters. The van der Waals surface area contributed by atoms with E-state index in [1.54, 1.807) is 45.0 Å². The second kappa shape index (κ2) is 35.2. The summed E-state index contributed by atoms with van der Waals surface area (Å²) < 4.78 is 32.7. The van der Waals surface area contributed by atoms with Crippen LogP contribution in [0.5, 0.6) is 0 Å². The molecule has 0 aliphatic heterocycles. The summed E-state index contributed by atoms with van der Waals surface area (Å²) in [7, 11) is 0. The van der Waals surface area contributed by atoms with Crippen molar-refractivity contribution in [1.82, 2.24) is 26.6 Å². The van der Waals surface area contributed by atoms with Gasteiger partial charge in [0, 0.05) is 31.7 Å². The Balaban J connectivity index is 1.58. The first-order chi connectivity index (χ1) is 38.4. The van der Waals surface area contributed by atoms with Crippen molar-refractivity contribution < 1.29 is 71.6 Å². The van der Waals surface area contributed by atoms with Crippen molar-refractivity contribution in [3.63, 3.8) is 0 Å². The highest BCUT2D eigenvalue weighted by Crippen LogP contribution is 2.44. The van der Waals surface area contributed by atoms with Crippen LogP contribution in [0.1, 0.15) is 160 Å². The smallest absolute Gasteiger partial charge is 0.407 e. The molecule has 3 aromatic rings. The van der Waals surface area contributed by atoms with Crippen LogP contribution in [0.25, 0.3) is 11.1 Å². The molecule has 4 rings (SSSR count). The molecule has 3 aromatic carbocycles. The lowest BCUT2D eigenvalue weighted by molar-refractivity contribution is -0.150. The van der Waals surface area contributed by atoms with Crippen LogP contribution in [0.4, 0.5) is 9.59 Å². The Bertz CT molecular complexity index is 2440. The molecule has 4 unspecified atom stereocenters. The molecule has 0 saturated heterocycles. The van der Waals surface area contributed by atoms with Crippen LogP contribution in [0.15, 0.2) is 78.9 Å². The van der Waals surface area contributed by atoms with E-state index in [-0.39, 0.29) is 84.0 Å². The van der Waals surface area contributed by atoms with Crippen molar-refractivity contribution in [3.8, 4) is 11.1 Å². The molecular formula is C60H83N5O15. The molecular weight excluding hydrogens is 1030 g/mol. The fourth-order valence-electron chi connectivity index (χ4n) is 8.45. The predicted molar refractivity (Wildman–Crippen MR) is 297 cm³/mol. The zero-order valence-corrected chi connectivity index (χ0v) is 47.4. The van der Waals surface area contributed by atoms with Crippen LogP contribution in [-0.4, -0.2) is 117 Å². The van der Waals surface area contributed by atoms with E-state index >= 15 is 0 Å². The largest absolute Gasteiger partial charge is 0.466 e.